The molecule has 1 aliphatic carbocycles. The van der Waals surface area contributed by atoms with Crippen LogP contribution in [0.2, 0.25) is 0 Å². The van der Waals surface area contributed by atoms with E-state index in [2.05, 4.69) is 11.6 Å². The van der Waals surface area contributed by atoms with Gasteiger partial charge in [-0.15, -0.1) is 0 Å². The van der Waals surface area contributed by atoms with E-state index in [1.165, 1.54) is 12.1 Å². The molecule has 1 N–H and O–H groups in total. The number of hydrogen-bond acceptors (Lipinski definition) is 2. The van der Waals surface area contributed by atoms with Crippen LogP contribution < -0.4 is 4.72 Å². The summed E-state index contributed by atoms with van der Waals surface area (Å²) >= 11 is 0. The van der Waals surface area contributed by atoms with Gasteiger partial charge in [-0.1, -0.05) is 19.8 Å². The van der Waals surface area contributed by atoms with Crippen molar-refractivity contribution >= 4 is 10.0 Å². The normalized spacial score (nSPS) is 23.8. The Labute approximate surface area is 120 Å². The van der Waals surface area contributed by atoms with Crippen molar-refractivity contribution in [2.45, 2.75) is 57.4 Å². The number of halogens is 1. The summed E-state index contributed by atoms with van der Waals surface area (Å²) in [6.45, 7) is 5.41. The molecule has 2 atom stereocenters. The maximum Gasteiger partial charge on any atom is 0.241 e. The van der Waals surface area contributed by atoms with Crippen molar-refractivity contribution in [3.8, 4) is 0 Å². The summed E-state index contributed by atoms with van der Waals surface area (Å²) in [5.74, 6) is 0.150. The molecule has 0 heterocycles. The monoisotopic (exact) mass is 299 g/mol. The average molecular weight is 299 g/mol. The first kappa shape index (κ1) is 15.4. The van der Waals surface area contributed by atoms with Crippen LogP contribution in [-0.4, -0.2) is 14.5 Å². The maximum atomic E-state index is 13.3. The average Bonchev–Trinajstić information content (AvgIpc) is 2.25. The summed E-state index contributed by atoms with van der Waals surface area (Å²) in [5, 5.41) is 0. The van der Waals surface area contributed by atoms with E-state index in [9.17, 15) is 12.8 Å². The lowest BCUT2D eigenvalue weighted by Crippen LogP contribution is -2.38. The SMILES string of the molecule is Cc1cc(F)cc(C)c1S(=O)(=O)NC1CCCC(C)C1. The molecule has 0 amide bonds. The Morgan fingerprint density at radius 3 is 2.35 bits per heavy atom. The van der Waals surface area contributed by atoms with Gasteiger partial charge in [-0.25, -0.2) is 17.5 Å². The van der Waals surface area contributed by atoms with Crippen molar-refractivity contribution < 1.29 is 12.8 Å². The van der Waals surface area contributed by atoms with Gasteiger partial charge < -0.3 is 0 Å². The fraction of sp³-hybridized carbons (Fsp3) is 0.600. The molecule has 1 aliphatic rings. The van der Waals surface area contributed by atoms with Crippen molar-refractivity contribution in [3.05, 3.63) is 29.1 Å². The first-order valence-electron chi connectivity index (χ1n) is 7.08. The molecule has 1 aromatic carbocycles. The van der Waals surface area contributed by atoms with E-state index in [4.69, 9.17) is 0 Å². The van der Waals surface area contributed by atoms with Crippen molar-refractivity contribution in [2.24, 2.45) is 5.92 Å². The molecule has 1 saturated carbocycles. The predicted molar refractivity (Wildman–Crippen MR) is 77.6 cm³/mol. The van der Waals surface area contributed by atoms with Crippen molar-refractivity contribution in [2.75, 3.05) is 0 Å². The van der Waals surface area contributed by atoms with Gasteiger partial charge in [0.25, 0.3) is 0 Å². The lowest BCUT2D eigenvalue weighted by Gasteiger charge is -2.27. The Balaban J connectivity index is 2.27. The molecular formula is C15H22FNO2S. The third-order valence-corrected chi connectivity index (χ3v) is 5.78. The van der Waals surface area contributed by atoms with E-state index < -0.39 is 15.8 Å². The summed E-state index contributed by atoms with van der Waals surface area (Å²) in [6, 6.07) is 2.53. The van der Waals surface area contributed by atoms with Gasteiger partial charge in [0.1, 0.15) is 5.82 Å². The number of hydrogen-bond donors (Lipinski definition) is 1. The molecule has 5 heteroatoms. The van der Waals surface area contributed by atoms with Gasteiger partial charge in [0.2, 0.25) is 10.0 Å². The molecule has 3 nitrogen and oxygen atoms in total. The van der Waals surface area contributed by atoms with Gasteiger partial charge in [-0.2, -0.15) is 0 Å². The Kier molecular flexibility index (Phi) is 4.49. The van der Waals surface area contributed by atoms with E-state index in [0.717, 1.165) is 25.7 Å². The van der Waals surface area contributed by atoms with Gasteiger partial charge in [-0.05, 0) is 55.9 Å². The van der Waals surface area contributed by atoms with Crippen LogP contribution in [-0.2, 0) is 10.0 Å². The third-order valence-electron chi connectivity index (χ3n) is 3.95. The lowest BCUT2D eigenvalue weighted by molar-refractivity contribution is 0.327. The Hall–Kier alpha value is -0.940. The van der Waals surface area contributed by atoms with Crippen molar-refractivity contribution in [1.29, 1.82) is 0 Å². The number of rotatable bonds is 3. The van der Waals surface area contributed by atoms with E-state index in [-0.39, 0.29) is 10.9 Å². The van der Waals surface area contributed by atoms with Gasteiger partial charge in [0.05, 0.1) is 4.90 Å². The Morgan fingerprint density at radius 1 is 1.20 bits per heavy atom. The zero-order valence-corrected chi connectivity index (χ0v) is 13.1. The van der Waals surface area contributed by atoms with Crippen LogP contribution in [0.15, 0.2) is 17.0 Å². The van der Waals surface area contributed by atoms with Gasteiger partial charge in [-0.3, -0.25) is 0 Å². The predicted octanol–water partition coefficient (Wildman–Crippen LogP) is 3.30. The highest BCUT2D eigenvalue weighted by atomic mass is 32.2. The number of nitrogens with one attached hydrogen (secondary N) is 1. The van der Waals surface area contributed by atoms with E-state index >= 15 is 0 Å². The molecule has 0 bridgehead atoms. The molecule has 0 aliphatic heterocycles. The van der Waals surface area contributed by atoms with Crippen LogP contribution in [0.5, 0.6) is 0 Å². The third kappa shape index (κ3) is 3.38. The maximum absolute atomic E-state index is 13.3. The summed E-state index contributed by atoms with van der Waals surface area (Å²) in [7, 11) is -3.58. The van der Waals surface area contributed by atoms with E-state index in [1.54, 1.807) is 13.8 Å². The number of benzene rings is 1. The van der Waals surface area contributed by atoms with Crippen molar-refractivity contribution in [1.82, 2.24) is 4.72 Å². The second-order valence-electron chi connectivity index (χ2n) is 5.96. The lowest BCUT2D eigenvalue weighted by atomic mass is 9.88. The molecule has 0 saturated heterocycles. The van der Waals surface area contributed by atoms with Gasteiger partial charge >= 0.3 is 0 Å². The van der Waals surface area contributed by atoms with Crippen LogP contribution in [0.1, 0.15) is 43.7 Å². The molecule has 0 aromatic heterocycles. The molecule has 20 heavy (non-hydrogen) atoms. The standard InChI is InChI=1S/C15H22FNO2S/c1-10-5-4-6-14(7-10)17-20(18,19)15-11(2)8-13(16)9-12(15)3/h8-10,14,17H,4-7H2,1-3H3. The molecule has 2 unspecified atom stereocenters. The second kappa shape index (κ2) is 5.82. The van der Waals surface area contributed by atoms with Gasteiger partial charge in [0, 0.05) is 6.04 Å². The second-order valence-corrected chi connectivity index (χ2v) is 7.61. The van der Waals surface area contributed by atoms with Crippen LogP contribution >= 0.6 is 0 Å². The Bertz CT molecular complexity index is 575. The molecule has 112 valence electrons. The molecule has 0 radical (unpaired) electrons. The smallest absolute Gasteiger partial charge is 0.208 e. The summed E-state index contributed by atoms with van der Waals surface area (Å²) in [4.78, 5) is 0.220. The largest absolute Gasteiger partial charge is 0.241 e. The molecule has 0 spiro atoms. The van der Waals surface area contributed by atoms with Crippen LogP contribution in [0, 0.1) is 25.6 Å². The minimum absolute atomic E-state index is 0.00685. The van der Waals surface area contributed by atoms with Crippen molar-refractivity contribution in [3.63, 3.8) is 0 Å². The first-order chi connectivity index (χ1) is 9.29. The summed E-state index contributed by atoms with van der Waals surface area (Å²) in [5.41, 5.74) is 0.915. The van der Waals surface area contributed by atoms with E-state index in [0.29, 0.717) is 17.0 Å². The summed E-state index contributed by atoms with van der Waals surface area (Å²) in [6.07, 6.45) is 3.96. The van der Waals surface area contributed by atoms with Gasteiger partial charge in [0.15, 0.2) is 0 Å². The molecule has 1 aromatic rings. The van der Waals surface area contributed by atoms with Crippen LogP contribution in [0.25, 0.3) is 0 Å². The highest BCUT2D eigenvalue weighted by molar-refractivity contribution is 7.89. The fourth-order valence-electron chi connectivity index (χ4n) is 3.14. The highest BCUT2D eigenvalue weighted by Gasteiger charge is 2.27. The first-order valence-corrected chi connectivity index (χ1v) is 8.57. The molecular weight excluding hydrogens is 277 g/mol. The number of aryl methyl sites for hydroxylation is 2. The zero-order valence-electron chi connectivity index (χ0n) is 12.2. The molecule has 1 fully saturated rings. The summed E-state index contributed by atoms with van der Waals surface area (Å²) < 4.78 is 41.1. The minimum Gasteiger partial charge on any atom is -0.208 e. The highest BCUT2D eigenvalue weighted by Crippen LogP contribution is 2.27. The fourth-order valence-corrected chi connectivity index (χ4v) is 4.88. The topological polar surface area (TPSA) is 46.2 Å². The quantitative estimate of drug-likeness (QED) is 0.931. The minimum atomic E-state index is -3.58. The number of sulfonamides is 1. The van der Waals surface area contributed by atoms with E-state index in [1.807, 2.05) is 0 Å². The van der Waals surface area contributed by atoms with Crippen LogP contribution in [0.3, 0.4) is 0 Å². The molecule has 2 rings (SSSR count). The zero-order chi connectivity index (χ0) is 14.9. The Morgan fingerprint density at radius 2 is 1.80 bits per heavy atom. The van der Waals surface area contributed by atoms with Crippen LogP contribution in [0.4, 0.5) is 4.39 Å².